The first kappa shape index (κ1) is 9.89. The van der Waals surface area contributed by atoms with Gasteiger partial charge in [0, 0.05) is 19.3 Å². The van der Waals surface area contributed by atoms with Crippen molar-refractivity contribution in [2.24, 2.45) is 7.05 Å². The first-order valence-electron chi connectivity index (χ1n) is 4.69. The molecule has 4 heteroatoms. The lowest BCUT2D eigenvalue weighted by atomic mass is 10.2. The molecule has 1 unspecified atom stereocenters. The molecule has 0 radical (unpaired) electrons. The topological polar surface area (TPSA) is 55.9 Å². The molecule has 3 N–H and O–H groups in total. The molecular weight excluding hydrogens is 164 g/mol. The third kappa shape index (κ3) is 2.65. The second-order valence-corrected chi connectivity index (χ2v) is 3.44. The second kappa shape index (κ2) is 4.16. The minimum absolute atomic E-state index is 0.433. The first-order valence-corrected chi connectivity index (χ1v) is 4.69. The molecule has 74 valence electrons. The fourth-order valence-electron chi connectivity index (χ4n) is 1.36. The predicted octanol–water partition coefficient (Wildman–Crippen LogP) is 1.60. The summed E-state index contributed by atoms with van der Waals surface area (Å²) in [6.45, 7) is 4.30. The van der Waals surface area contributed by atoms with Crippen molar-refractivity contribution >= 4 is 11.5 Å². The summed E-state index contributed by atoms with van der Waals surface area (Å²) in [5, 5.41) is 7.49. The average molecular weight is 182 g/mol. The van der Waals surface area contributed by atoms with E-state index < -0.39 is 0 Å². The number of hydrogen-bond acceptors (Lipinski definition) is 3. The van der Waals surface area contributed by atoms with Gasteiger partial charge in [0.05, 0.1) is 5.69 Å². The van der Waals surface area contributed by atoms with Gasteiger partial charge in [-0.05, 0) is 13.3 Å². The molecule has 0 saturated carbocycles. The summed E-state index contributed by atoms with van der Waals surface area (Å²) >= 11 is 0. The van der Waals surface area contributed by atoms with Crippen molar-refractivity contribution < 1.29 is 0 Å². The third-order valence-electron chi connectivity index (χ3n) is 1.96. The summed E-state index contributed by atoms with van der Waals surface area (Å²) in [5.41, 5.74) is 6.45. The molecule has 1 atom stereocenters. The molecule has 0 spiro atoms. The van der Waals surface area contributed by atoms with Crippen molar-refractivity contribution in [3.05, 3.63) is 6.20 Å². The number of rotatable bonds is 4. The van der Waals surface area contributed by atoms with E-state index in [-0.39, 0.29) is 0 Å². The van der Waals surface area contributed by atoms with Crippen LogP contribution in [0.15, 0.2) is 6.20 Å². The molecule has 1 aromatic heterocycles. The number of hydrogen-bond donors (Lipinski definition) is 2. The maximum Gasteiger partial charge on any atom is 0.171 e. The lowest BCUT2D eigenvalue weighted by Crippen LogP contribution is -2.15. The molecule has 0 aliphatic rings. The minimum Gasteiger partial charge on any atom is -0.394 e. The van der Waals surface area contributed by atoms with E-state index in [0.717, 1.165) is 12.2 Å². The molecule has 1 rings (SSSR count). The Morgan fingerprint density at radius 2 is 2.38 bits per heavy atom. The highest BCUT2D eigenvalue weighted by atomic mass is 15.3. The van der Waals surface area contributed by atoms with Crippen LogP contribution in [0.4, 0.5) is 11.5 Å². The number of nitrogens with zero attached hydrogens (tertiary/aromatic N) is 2. The van der Waals surface area contributed by atoms with E-state index in [1.165, 1.54) is 6.42 Å². The normalized spacial score (nSPS) is 12.8. The zero-order chi connectivity index (χ0) is 9.84. The third-order valence-corrected chi connectivity index (χ3v) is 1.96. The Morgan fingerprint density at radius 3 is 2.85 bits per heavy atom. The first-order chi connectivity index (χ1) is 6.13. The summed E-state index contributed by atoms with van der Waals surface area (Å²) in [5.74, 6) is 0.795. The van der Waals surface area contributed by atoms with Crippen LogP contribution >= 0.6 is 0 Å². The minimum atomic E-state index is 0.433. The van der Waals surface area contributed by atoms with Crippen molar-refractivity contribution in [2.45, 2.75) is 32.7 Å². The number of nitrogens with two attached hydrogens (primary N) is 1. The lowest BCUT2D eigenvalue weighted by molar-refractivity contribution is 0.681. The Hall–Kier alpha value is -1.19. The number of aromatic nitrogens is 2. The van der Waals surface area contributed by atoms with Crippen molar-refractivity contribution in [1.82, 2.24) is 9.78 Å². The zero-order valence-corrected chi connectivity index (χ0v) is 8.54. The van der Waals surface area contributed by atoms with Crippen LogP contribution in [0.25, 0.3) is 0 Å². The van der Waals surface area contributed by atoms with Crippen molar-refractivity contribution in [1.29, 1.82) is 0 Å². The number of anilines is 2. The van der Waals surface area contributed by atoms with E-state index >= 15 is 0 Å². The van der Waals surface area contributed by atoms with Crippen LogP contribution in [0, 0.1) is 0 Å². The van der Waals surface area contributed by atoms with Gasteiger partial charge in [0.25, 0.3) is 0 Å². The van der Waals surface area contributed by atoms with E-state index in [0.29, 0.717) is 11.7 Å². The molecule has 0 fully saturated rings. The molecule has 0 aliphatic heterocycles. The summed E-state index contributed by atoms with van der Waals surface area (Å²) in [7, 11) is 1.87. The Bertz CT molecular complexity index is 267. The van der Waals surface area contributed by atoms with Gasteiger partial charge < -0.3 is 11.1 Å². The predicted molar refractivity (Wildman–Crippen MR) is 55.6 cm³/mol. The Labute approximate surface area is 79.1 Å². The number of nitrogen functional groups attached to an aromatic ring is 1. The smallest absolute Gasteiger partial charge is 0.171 e. The van der Waals surface area contributed by atoms with Gasteiger partial charge in [-0.3, -0.25) is 4.68 Å². The standard InChI is InChI=1S/C9H18N4/c1-4-5-7(2)11-9-8(10)6-13(3)12-9/h6-7H,4-5,10H2,1-3H3,(H,11,12). The monoisotopic (exact) mass is 182 g/mol. The Balaban J connectivity index is 2.57. The van der Waals surface area contributed by atoms with Gasteiger partial charge in [-0.1, -0.05) is 13.3 Å². The molecule has 4 nitrogen and oxygen atoms in total. The maximum atomic E-state index is 5.74. The summed E-state index contributed by atoms with van der Waals surface area (Å²) in [4.78, 5) is 0. The van der Waals surface area contributed by atoms with Gasteiger partial charge in [0.1, 0.15) is 0 Å². The Morgan fingerprint density at radius 1 is 1.69 bits per heavy atom. The van der Waals surface area contributed by atoms with Crippen molar-refractivity contribution in [3.8, 4) is 0 Å². The SMILES string of the molecule is CCCC(C)Nc1nn(C)cc1N. The zero-order valence-electron chi connectivity index (χ0n) is 8.54. The van der Waals surface area contributed by atoms with E-state index in [1.807, 2.05) is 7.05 Å². The van der Waals surface area contributed by atoms with Gasteiger partial charge in [-0.2, -0.15) is 5.10 Å². The van der Waals surface area contributed by atoms with Crippen LogP contribution in [0.2, 0.25) is 0 Å². The van der Waals surface area contributed by atoms with Crippen LogP contribution in [-0.2, 0) is 7.05 Å². The fraction of sp³-hybridized carbons (Fsp3) is 0.667. The van der Waals surface area contributed by atoms with Crippen molar-refractivity contribution in [2.75, 3.05) is 11.1 Å². The molecule has 13 heavy (non-hydrogen) atoms. The average Bonchev–Trinajstić information content (AvgIpc) is 2.30. The fourth-order valence-corrected chi connectivity index (χ4v) is 1.36. The molecule has 0 aliphatic carbocycles. The van der Waals surface area contributed by atoms with Crippen LogP contribution in [0.1, 0.15) is 26.7 Å². The molecule has 1 heterocycles. The lowest BCUT2D eigenvalue weighted by Gasteiger charge is -2.11. The second-order valence-electron chi connectivity index (χ2n) is 3.44. The van der Waals surface area contributed by atoms with E-state index in [2.05, 4.69) is 24.3 Å². The molecule has 0 amide bonds. The maximum absolute atomic E-state index is 5.74. The molecular formula is C9H18N4. The summed E-state index contributed by atoms with van der Waals surface area (Å²) in [6, 6.07) is 0.433. The van der Waals surface area contributed by atoms with Crippen LogP contribution in [0.3, 0.4) is 0 Å². The van der Waals surface area contributed by atoms with Gasteiger partial charge in [0.2, 0.25) is 0 Å². The van der Waals surface area contributed by atoms with E-state index in [4.69, 9.17) is 5.73 Å². The summed E-state index contributed by atoms with van der Waals surface area (Å²) in [6.07, 6.45) is 4.11. The van der Waals surface area contributed by atoms with Crippen LogP contribution in [0.5, 0.6) is 0 Å². The van der Waals surface area contributed by atoms with E-state index in [9.17, 15) is 0 Å². The highest BCUT2D eigenvalue weighted by molar-refractivity contribution is 5.60. The number of aryl methyl sites for hydroxylation is 1. The van der Waals surface area contributed by atoms with Gasteiger partial charge in [-0.15, -0.1) is 0 Å². The van der Waals surface area contributed by atoms with E-state index in [1.54, 1.807) is 10.9 Å². The molecule has 0 bridgehead atoms. The number of nitrogens with one attached hydrogen (secondary N) is 1. The molecule has 1 aromatic rings. The van der Waals surface area contributed by atoms with Gasteiger partial charge in [-0.25, -0.2) is 0 Å². The van der Waals surface area contributed by atoms with Crippen LogP contribution in [-0.4, -0.2) is 15.8 Å². The summed E-state index contributed by atoms with van der Waals surface area (Å²) < 4.78 is 1.72. The molecule has 0 aromatic carbocycles. The van der Waals surface area contributed by atoms with Gasteiger partial charge >= 0.3 is 0 Å². The quantitative estimate of drug-likeness (QED) is 0.743. The highest BCUT2D eigenvalue weighted by Gasteiger charge is 2.06. The van der Waals surface area contributed by atoms with Gasteiger partial charge in [0.15, 0.2) is 5.82 Å². The van der Waals surface area contributed by atoms with Crippen molar-refractivity contribution in [3.63, 3.8) is 0 Å². The largest absolute Gasteiger partial charge is 0.394 e. The molecule has 0 saturated heterocycles. The highest BCUT2D eigenvalue weighted by Crippen LogP contribution is 2.16. The van der Waals surface area contributed by atoms with Crippen LogP contribution < -0.4 is 11.1 Å². The Kier molecular flexibility index (Phi) is 3.17.